The Morgan fingerprint density at radius 3 is 2.60 bits per heavy atom. The summed E-state index contributed by atoms with van der Waals surface area (Å²) in [6.07, 6.45) is 3.90. The van der Waals surface area contributed by atoms with Gasteiger partial charge in [0.15, 0.2) is 5.82 Å². The number of nitrogens with zero attached hydrogens (tertiary/aromatic N) is 2. The number of rotatable bonds is 8. The number of anilines is 1. The van der Waals surface area contributed by atoms with Crippen LogP contribution >= 0.6 is 11.8 Å². The number of H-pyrrole nitrogens is 1. The molecule has 0 fully saturated rings. The predicted molar refractivity (Wildman–Crippen MR) is 117 cm³/mol. The van der Waals surface area contributed by atoms with Gasteiger partial charge in [0.05, 0.1) is 28.7 Å². The van der Waals surface area contributed by atoms with Gasteiger partial charge in [-0.2, -0.15) is 5.10 Å². The van der Waals surface area contributed by atoms with Crippen LogP contribution in [-0.4, -0.2) is 34.4 Å². The molecule has 2 N–H and O–H groups in total. The summed E-state index contributed by atoms with van der Waals surface area (Å²) < 4.78 is 5.18. The van der Waals surface area contributed by atoms with Crippen molar-refractivity contribution in [2.75, 3.05) is 18.7 Å². The van der Waals surface area contributed by atoms with Crippen LogP contribution in [0.15, 0.2) is 47.4 Å². The lowest BCUT2D eigenvalue weighted by Gasteiger charge is -2.09. The van der Waals surface area contributed by atoms with Crippen molar-refractivity contribution >= 4 is 29.2 Å². The number of thioether (sulfide) groups is 1. The highest BCUT2D eigenvalue weighted by molar-refractivity contribution is 7.98. The number of aromatic amines is 1. The Labute approximate surface area is 178 Å². The number of benzene rings is 2. The minimum atomic E-state index is -0.615. The maximum Gasteiger partial charge on any atom is 0.285 e. The van der Waals surface area contributed by atoms with Crippen molar-refractivity contribution in [3.05, 3.63) is 63.7 Å². The van der Waals surface area contributed by atoms with Crippen molar-refractivity contribution in [3.63, 3.8) is 0 Å². The first-order valence-electron chi connectivity index (χ1n) is 9.33. The van der Waals surface area contributed by atoms with Gasteiger partial charge in [-0.05, 0) is 29.9 Å². The number of nitrogens with one attached hydrogen (secondary N) is 2. The Morgan fingerprint density at radius 2 is 2.00 bits per heavy atom. The van der Waals surface area contributed by atoms with Crippen molar-refractivity contribution in [2.45, 2.75) is 24.7 Å². The fourth-order valence-electron chi connectivity index (χ4n) is 3.06. The molecule has 2 aromatic carbocycles. The van der Waals surface area contributed by atoms with E-state index < -0.39 is 10.8 Å². The van der Waals surface area contributed by atoms with Crippen LogP contribution in [-0.2, 0) is 6.42 Å². The van der Waals surface area contributed by atoms with Gasteiger partial charge in [0, 0.05) is 6.07 Å². The lowest BCUT2D eigenvalue weighted by molar-refractivity contribution is -0.385. The van der Waals surface area contributed by atoms with Crippen LogP contribution in [0.1, 0.15) is 29.3 Å². The smallest absolute Gasteiger partial charge is 0.285 e. The topological polar surface area (TPSA) is 110 Å². The molecule has 0 saturated heterocycles. The zero-order chi connectivity index (χ0) is 21.7. The predicted octanol–water partition coefficient (Wildman–Crippen LogP) is 4.92. The summed E-state index contributed by atoms with van der Waals surface area (Å²) in [6, 6.07) is 12.5. The van der Waals surface area contributed by atoms with E-state index in [-0.39, 0.29) is 17.1 Å². The number of carbonyl (C=O) groups is 1. The van der Waals surface area contributed by atoms with E-state index in [4.69, 9.17) is 4.74 Å². The zero-order valence-corrected chi connectivity index (χ0v) is 17.7. The van der Waals surface area contributed by atoms with Crippen molar-refractivity contribution in [2.24, 2.45) is 0 Å². The average Bonchev–Trinajstić information content (AvgIpc) is 3.21. The quantitative estimate of drug-likeness (QED) is 0.300. The van der Waals surface area contributed by atoms with Crippen molar-refractivity contribution < 1.29 is 14.5 Å². The Morgan fingerprint density at radius 1 is 1.27 bits per heavy atom. The first-order valence-corrected chi connectivity index (χ1v) is 10.6. The van der Waals surface area contributed by atoms with E-state index in [2.05, 4.69) is 34.6 Å². The molecular formula is C21H22N4O4S. The molecular weight excluding hydrogens is 404 g/mol. The number of amides is 1. The third-order valence-corrected chi connectivity index (χ3v) is 5.33. The van der Waals surface area contributed by atoms with Gasteiger partial charge in [0.2, 0.25) is 0 Å². The second-order valence-corrected chi connectivity index (χ2v) is 7.40. The fraction of sp³-hybridized carbons (Fsp3) is 0.238. The van der Waals surface area contributed by atoms with Gasteiger partial charge < -0.3 is 10.1 Å². The van der Waals surface area contributed by atoms with E-state index in [9.17, 15) is 14.9 Å². The summed E-state index contributed by atoms with van der Waals surface area (Å²) in [6.45, 7) is 2.13. The molecule has 0 atom stereocenters. The van der Waals surface area contributed by atoms with Crippen LogP contribution in [0.4, 0.5) is 11.5 Å². The third kappa shape index (κ3) is 4.62. The molecule has 0 aliphatic rings. The first-order chi connectivity index (χ1) is 14.5. The van der Waals surface area contributed by atoms with E-state index in [1.807, 2.05) is 12.1 Å². The van der Waals surface area contributed by atoms with Gasteiger partial charge in [-0.1, -0.05) is 37.6 Å². The SMILES string of the molecule is CCCc1ccc(-c2cc(NC(=O)c3cc(SC)c(OC)cc3[N+](=O)[O-])n[nH]2)cc1. The van der Waals surface area contributed by atoms with E-state index in [1.165, 1.54) is 36.6 Å². The lowest BCUT2D eigenvalue weighted by atomic mass is 10.1. The number of carbonyl (C=O) groups excluding carboxylic acids is 1. The molecule has 3 aromatic rings. The van der Waals surface area contributed by atoms with Gasteiger partial charge in [0.25, 0.3) is 11.6 Å². The van der Waals surface area contributed by atoms with Gasteiger partial charge >= 0.3 is 0 Å². The normalized spacial score (nSPS) is 10.6. The molecule has 0 radical (unpaired) electrons. The van der Waals surface area contributed by atoms with E-state index >= 15 is 0 Å². The molecule has 0 unspecified atom stereocenters. The third-order valence-electron chi connectivity index (χ3n) is 4.57. The summed E-state index contributed by atoms with van der Waals surface area (Å²) in [5, 5.41) is 21.1. The number of nitro benzene ring substituents is 1. The van der Waals surface area contributed by atoms with E-state index in [1.54, 1.807) is 12.3 Å². The van der Waals surface area contributed by atoms with Gasteiger partial charge in [-0.3, -0.25) is 20.0 Å². The fourth-order valence-corrected chi connectivity index (χ4v) is 3.64. The number of ether oxygens (including phenoxy) is 1. The summed E-state index contributed by atoms with van der Waals surface area (Å²) in [5.74, 6) is 0.0128. The lowest BCUT2D eigenvalue weighted by Crippen LogP contribution is -2.14. The number of nitro groups is 1. The summed E-state index contributed by atoms with van der Waals surface area (Å²) in [5.41, 5.74) is 2.54. The highest BCUT2D eigenvalue weighted by Gasteiger charge is 2.24. The molecule has 1 aromatic heterocycles. The Balaban J connectivity index is 1.84. The monoisotopic (exact) mass is 426 g/mol. The maximum atomic E-state index is 12.7. The molecule has 1 amide bonds. The van der Waals surface area contributed by atoms with Crippen LogP contribution in [0, 0.1) is 10.1 Å². The highest BCUT2D eigenvalue weighted by Crippen LogP contribution is 2.34. The summed E-state index contributed by atoms with van der Waals surface area (Å²) >= 11 is 1.33. The molecule has 156 valence electrons. The van der Waals surface area contributed by atoms with Crippen LogP contribution in [0.3, 0.4) is 0 Å². The van der Waals surface area contributed by atoms with Gasteiger partial charge in [0.1, 0.15) is 11.3 Å². The number of aryl methyl sites for hydroxylation is 1. The van der Waals surface area contributed by atoms with Crippen molar-refractivity contribution in [1.29, 1.82) is 0 Å². The second-order valence-electron chi connectivity index (χ2n) is 6.55. The molecule has 3 rings (SSSR count). The Bertz CT molecular complexity index is 1060. The summed E-state index contributed by atoms with van der Waals surface area (Å²) in [7, 11) is 1.43. The maximum absolute atomic E-state index is 12.7. The molecule has 8 nitrogen and oxygen atoms in total. The average molecular weight is 426 g/mol. The minimum absolute atomic E-state index is 0.0568. The van der Waals surface area contributed by atoms with Crippen molar-refractivity contribution in [3.8, 4) is 17.0 Å². The van der Waals surface area contributed by atoms with Crippen LogP contribution in [0.25, 0.3) is 11.3 Å². The Hall–Kier alpha value is -3.33. The molecule has 30 heavy (non-hydrogen) atoms. The van der Waals surface area contributed by atoms with E-state index in [0.29, 0.717) is 10.6 Å². The number of hydrogen-bond acceptors (Lipinski definition) is 6. The van der Waals surface area contributed by atoms with Crippen LogP contribution in [0.5, 0.6) is 5.75 Å². The molecule has 9 heteroatoms. The second kappa shape index (κ2) is 9.45. The molecule has 1 heterocycles. The van der Waals surface area contributed by atoms with Gasteiger partial charge in [-0.15, -0.1) is 11.8 Å². The molecule has 0 aliphatic carbocycles. The zero-order valence-electron chi connectivity index (χ0n) is 16.9. The van der Waals surface area contributed by atoms with E-state index in [0.717, 1.165) is 24.1 Å². The largest absolute Gasteiger partial charge is 0.495 e. The standard InChI is InChI=1S/C21H22N4O4S/c1-4-5-13-6-8-14(9-7-13)16-11-20(24-23-16)22-21(26)15-10-19(30-3)18(29-2)12-17(15)25(27)28/h6-12H,4-5H2,1-3H3,(H2,22,23,24,26). The molecule has 0 bridgehead atoms. The van der Waals surface area contributed by atoms with Crippen LogP contribution in [0.2, 0.25) is 0 Å². The first kappa shape index (κ1) is 21.4. The Kier molecular flexibility index (Phi) is 6.73. The number of aromatic nitrogens is 2. The van der Waals surface area contributed by atoms with Gasteiger partial charge in [-0.25, -0.2) is 0 Å². The molecule has 0 saturated carbocycles. The number of methoxy groups -OCH3 is 1. The molecule has 0 spiro atoms. The molecule has 0 aliphatic heterocycles. The van der Waals surface area contributed by atoms with Crippen molar-refractivity contribution in [1.82, 2.24) is 10.2 Å². The highest BCUT2D eigenvalue weighted by atomic mass is 32.2. The van der Waals surface area contributed by atoms with Crippen LogP contribution < -0.4 is 10.1 Å². The summed E-state index contributed by atoms with van der Waals surface area (Å²) in [4.78, 5) is 24.2. The number of hydrogen-bond donors (Lipinski definition) is 2. The minimum Gasteiger partial charge on any atom is -0.495 e.